The molecule has 0 saturated heterocycles. The second kappa shape index (κ2) is 9.19. The minimum atomic E-state index is 0.0195. The molecule has 0 saturated carbocycles. The van der Waals surface area contributed by atoms with E-state index in [0.29, 0.717) is 18.1 Å². The lowest BCUT2D eigenvalue weighted by molar-refractivity contribution is 0.291. The Morgan fingerprint density at radius 3 is 2.79 bits per heavy atom. The van der Waals surface area contributed by atoms with Gasteiger partial charge in [0.2, 0.25) is 5.88 Å². The molecule has 5 heteroatoms. The first-order valence-corrected chi connectivity index (χ1v) is 6.85. The number of rotatable bonds is 9. The van der Waals surface area contributed by atoms with Crippen LogP contribution in [0.15, 0.2) is 23.5 Å². The van der Waals surface area contributed by atoms with Gasteiger partial charge in [-0.05, 0) is 18.6 Å². The number of hydrogen-bond acceptors (Lipinski definition) is 4. The fraction of sp³-hybridized carbons (Fsp3) is 0.571. The van der Waals surface area contributed by atoms with Gasteiger partial charge < -0.3 is 15.7 Å². The summed E-state index contributed by atoms with van der Waals surface area (Å²) in [6.07, 6.45) is 8.87. The van der Waals surface area contributed by atoms with Gasteiger partial charge in [-0.3, -0.25) is 0 Å². The predicted octanol–water partition coefficient (Wildman–Crippen LogP) is 2.92. The van der Waals surface area contributed by atoms with Gasteiger partial charge >= 0.3 is 0 Å². The Morgan fingerprint density at radius 1 is 1.32 bits per heavy atom. The van der Waals surface area contributed by atoms with Gasteiger partial charge in [0, 0.05) is 6.20 Å². The molecule has 0 spiro atoms. The van der Waals surface area contributed by atoms with Crippen LogP contribution in [0.2, 0.25) is 0 Å². The molecule has 0 aliphatic rings. The van der Waals surface area contributed by atoms with Crippen LogP contribution in [0.1, 0.15) is 51.0 Å². The third-order valence-corrected chi connectivity index (χ3v) is 2.89. The van der Waals surface area contributed by atoms with Crippen molar-refractivity contribution in [1.82, 2.24) is 4.98 Å². The normalized spacial score (nSPS) is 11.5. The van der Waals surface area contributed by atoms with E-state index in [-0.39, 0.29) is 5.84 Å². The molecule has 0 aromatic carbocycles. The summed E-state index contributed by atoms with van der Waals surface area (Å²) in [7, 11) is 0. The zero-order valence-electron chi connectivity index (χ0n) is 11.5. The van der Waals surface area contributed by atoms with Crippen molar-refractivity contribution < 1.29 is 9.94 Å². The molecule has 0 unspecified atom stereocenters. The largest absolute Gasteiger partial charge is 0.477 e. The van der Waals surface area contributed by atoms with E-state index in [1.807, 2.05) is 0 Å². The number of hydrogen-bond donors (Lipinski definition) is 2. The van der Waals surface area contributed by atoms with Gasteiger partial charge in [0.25, 0.3) is 0 Å². The highest BCUT2D eigenvalue weighted by molar-refractivity contribution is 5.98. The Balaban J connectivity index is 2.33. The zero-order valence-corrected chi connectivity index (χ0v) is 11.5. The fourth-order valence-electron chi connectivity index (χ4n) is 1.81. The Kier molecular flexibility index (Phi) is 7.39. The van der Waals surface area contributed by atoms with E-state index in [1.165, 1.54) is 25.7 Å². The molecule has 1 aromatic rings. The van der Waals surface area contributed by atoms with Crippen LogP contribution in [0.25, 0.3) is 0 Å². The van der Waals surface area contributed by atoms with Crippen LogP contribution in [-0.4, -0.2) is 22.6 Å². The smallest absolute Gasteiger partial charge is 0.224 e. The van der Waals surface area contributed by atoms with Crippen LogP contribution in [-0.2, 0) is 0 Å². The maximum Gasteiger partial charge on any atom is 0.224 e. The minimum Gasteiger partial charge on any atom is -0.477 e. The maximum atomic E-state index is 8.68. The fourth-order valence-corrected chi connectivity index (χ4v) is 1.81. The number of nitrogens with two attached hydrogens (primary N) is 1. The van der Waals surface area contributed by atoms with Crippen LogP contribution >= 0.6 is 0 Å². The summed E-state index contributed by atoms with van der Waals surface area (Å²) < 4.78 is 5.58. The summed E-state index contributed by atoms with van der Waals surface area (Å²) in [5.74, 6) is 0.442. The number of pyridine rings is 1. The van der Waals surface area contributed by atoms with Crippen LogP contribution in [0, 0.1) is 0 Å². The molecule has 19 heavy (non-hydrogen) atoms. The molecule has 0 aliphatic carbocycles. The molecule has 0 amide bonds. The molecule has 1 rings (SSSR count). The lowest BCUT2D eigenvalue weighted by Gasteiger charge is -2.08. The molecule has 5 nitrogen and oxygen atoms in total. The zero-order chi connectivity index (χ0) is 13.9. The number of aromatic nitrogens is 1. The Hall–Kier alpha value is -1.78. The van der Waals surface area contributed by atoms with Crippen molar-refractivity contribution >= 4 is 5.84 Å². The molecule has 106 valence electrons. The van der Waals surface area contributed by atoms with Gasteiger partial charge in [0.15, 0.2) is 5.84 Å². The topological polar surface area (TPSA) is 80.7 Å². The Labute approximate surface area is 114 Å². The first-order valence-electron chi connectivity index (χ1n) is 6.85. The van der Waals surface area contributed by atoms with Gasteiger partial charge in [0.05, 0.1) is 12.2 Å². The summed E-state index contributed by atoms with van der Waals surface area (Å²) in [6.45, 7) is 2.81. The molecule has 1 aromatic heterocycles. The highest BCUT2D eigenvalue weighted by Crippen LogP contribution is 2.14. The predicted molar refractivity (Wildman–Crippen MR) is 75.6 cm³/mol. The number of ether oxygens (including phenoxy) is 1. The first-order chi connectivity index (χ1) is 9.29. The number of unbranched alkanes of at least 4 members (excludes halogenated alkanes) is 5. The molecule has 0 aliphatic heterocycles. The lowest BCUT2D eigenvalue weighted by Crippen LogP contribution is -2.15. The van der Waals surface area contributed by atoms with Crippen molar-refractivity contribution in [1.29, 1.82) is 0 Å². The molecule has 3 N–H and O–H groups in total. The average molecular weight is 265 g/mol. The summed E-state index contributed by atoms with van der Waals surface area (Å²) >= 11 is 0. The van der Waals surface area contributed by atoms with Crippen LogP contribution in [0.5, 0.6) is 5.88 Å². The van der Waals surface area contributed by atoms with Crippen molar-refractivity contribution in [2.24, 2.45) is 10.9 Å². The second-order valence-corrected chi connectivity index (χ2v) is 4.46. The first kappa shape index (κ1) is 15.3. The van der Waals surface area contributed by atoms with E-state index in [2.05, 4.69) is 17.1 Å². The molecule has 0 radical (unpaired) electrons. The molecule has 0 bridgehead atoms. The lowest BCUT2D eigenvalue weighted by atomic mass is 10.1. The van der Waals surface area contributed by atoms with Crippen LogP contribution in [0.4, 0.5) is 0 Å². The van der Waals surface area contributed by atoms with Crippen LogP contribution in [0.3, 0.4) is 0 Å². The highest BCUT2D eigenvalue weighted by Gasteiger charge is 2.08. The van der Waals surface area contributed by atoms with Gasteiger partial charge in [0.1, 0.15) is 0 Å². The minimum absolute atomic E-state index is 0.0195. The van der Waals surface area contributed by atoms with E-state index in [9.17, 15) is 0 Å². The summed E-state index contributed by atoms with van der Waals surface area (Å²) in [5, 5.41) is 11.7. The molecular formula is C14H23N3O2. The standard InChI is InChI=1S/C14H23N3O2/c1-2-3-4-5-6-7-11-19-14-12(13(15)17-18)9-8-10-16-14/h8-10,18H,2-7,11H2,1H3,(H2,15,17). The second-order valence-electron chi connectivity index (χ2n) is 4.46. The van der Waals surface area contributed by atoms with Gasteiger partial charge in [-0.2, -0.15) is 0 Å². The average Bonchev–Trinajstić information content (AvgIpc) is 2.46. The molecule has 0 fully saturated rings. The third-order valence-electron chi connectivity index (χ3n) is 2.89. The van der Waals surface area contributed by atoms with Crippen molar-refractivity contribution in [3.8, 4) is 5.88 Å². The van der Waals surface area contributed by atoms with E-state index < -0.39 is 0 Å². The van der Waals surface area contributed by atoms with Gasteiger partial charge in [-0.15, -0.1) is 0 Å². The van der Waals surface area contributed by atoms with E-state index in [1.54, 1.807) is 18.3 Å². The SMILES string of the molecule is CCCCCCCCOc1ncccc1/C(N)=N/O. The third kappa shape index (κ3) is 5.59. The summed E-state index contributed by atoms with van der Waals surface area (Å²) in [5.41, 5.74) is 6.08. The van der Waals surface area contributed by atoms with E-state index in [0.717, 1.165) is 12.8 Å². The van der Waals surface area contributed by atoms with Crippen LogP contribution < -0.4 is 10.5 Å². The number of nitrogens with zero attached hydrogens (tertiary/aromatic N) is 2. The van der Waals surface area contributed by atoms with Crippen molar-refractivity contribution in [3.05, 3.63) is 23.9 Å². The summed E-state index contributed by atoms with van der Waals surface area (Å²) in [4.78, 5) is 4.10. The highest BCUT2D eigenvalue weighted by atomic mass is 16.5. The Bertz CT molecular complexity index is 394. The van der Waals surface area contributed by atoms with E-state index >= 15 is 0 Å². The number of amidine groups is 1. The molecule has 0 atom stereocenters. The molecular weight excluding hydrogens is 242 g/mol. The molecule has 1 heterocycles. The number of oxime groups is 1. The van der Waals surface area contributed by atoms with E-state index in [4.69, 9.17) is 15.7 Å². The quantitative estimate of drug-likeness (QED) is 0.236. The van der Waals surface area contributed by atoms with Crippen molar-refractivity contribution in [2.45, 2.75) is 45.4 Å². The maximum absolute atomic E-state index is 8.68. The Morgan fingerprint density at radius 2 is 2.05 bits per heavy atom. The van der Waals surface area contributed by atoms with Gasteiger partial charge in [-0.25, -0.2) is 4.98 Å². The van der Waals surface area contributed by atoms with Crippen molar-refractivity contribution in [3.63, 3.8) is 0 Å². The monoisotopic (exact) mass is 265 g/mol. The summed E-state index contributed by atoms with van der Waals surface area (Å²) in [6, 6.07) is 3.45. The van der Waals surface area contributed by atoms with Crippen molar-refractivity contribution in [2.75, 3.05) is 6.61 Å². The van der Waals surface area contributed by atoms with Gasteiger partial charge in [-0.1, -0.05) is 44.2 Å².